The van der Waals surface area contributed by atoms with Gasteiger partial charge in [0.05, 0.1) is 13.0 Å². The zero-order valence-electron chi connectivity index (χ0n) is 15.4. The lowest BCUT2D eigenvalue weighted by atomic mass is 10.1. The fourth-order valence-electron chi connectivity index (χ4n) is 3.24. The van der Waals surface area contributed by atoms with Crippen LogP contribution in [0.1, 0.15) is 17.5 Å². The van der Waals surface area contributed by atoms with Gasteiger partial charge in [-0.15, -0.1) is 0 Å². The van der Waals surface area contributed by atoms with Crippen LogP contribution in [0.2, 0.25) is 0 Å². The normalized spacial score (nSPS) is 16.7. The maximum absolute atomic E-state index is 12.8. The molecule has 1 saturated heterocycles. The highest BCUT2D eigenvalue weighted by atomic mass is 16.5. The summed E-state index contributed by atoms with van der Waals surface area (Å²) in [6, 6.07) is 15.5. The number of aryl methyl sites for hydroxylation is 1. The molecule has 5 heteroatoms. The van der Waals surface area contributed by atoms with Gasteiger partial charge in [-0.25, -0.2) is 0 Å². The van der Waals surface area contributed by atoms with Gasteiger partial charge in [-0.1, -0.05) is 29.8 Å². The van der Waals surface area contributed by atoms with Gasteiger partial charge in [-0.3, -0.25) is 9.59 Å². The monoisotopic (exact) mass is 352 g/mol. The van der Waals surface area contributed by atoms with Crippen molar-refractivity contribution in [3.63, 3.8) is 0 Å². The summed E-state index contributed by atoms with van der Waals surface area (Å²) in [7, 11) is 3.41. The summed E-state index contributed by atoms with van der Waals surface area (Å²) in [6.07, 6.45) is 0.264. The zero-order chi connectivity index (χ0) is 18.7. The molecule has 0 radical (unpaired) electrons. The molecule has 2 aromatic rings. The van der Waals surface area contributed by atoms with Crippen LogP contribution in [0.25, 0.3) is 0 Å². The molecule has 1 aliphatic heterocycles. The number of carbonyl (C=O) groups excluding carboxylic acids is 2. The van der Waals surface area contributed by atoms with E-state index in [1.807, 2.05) is 55.5 Å². The molecule has 1 aliphatic rings. The lowest BCUT2D eigenvalue weighted by molar-refractivity contribution is -0.135. The molecular formula is C21H24N2O3. The highest BCUT2D eigenvalue weighted by molar-refractivity contribution is 6.00. The molecule has 0 N–H and O–H groups in total. The number of ether oxygens (including phenoxy) is 1. The molecule has 0 bridgehead atoms. The molecule has 1 atom stereocenters. The summed E-state index contributed by atoms with van der Waals surface area (Å²) in [5.74, 6) is 0.499. The number of methoxy groups -OCH3 is 1. The Morgan fingerprint density at radius 3 is 2.42 bits per heavy atom. The number of amides is 2. The molecule has 2 amide bonds. The van der Waals surface area contributed by atoms with Crippen molar-refractivity contribution in [1.82, 2.24) is 4.90 Å². The van der Waals surface area contributed by atoms with Crippen molar-refractivity contribution in [2.45, 2.75) is 19.9 Å². The maximum atomic E-state index is 12.8. The van der Waals surface area contributed by atoms with Crippen molar-refractivity contribution in [2.24, 2.45) is 5.92 Å². The highest BCUT2D eigenvalue weighted by Gasteiger charge is 2.36. The average molecular weight is 352 g/mol. The van der Waals surface area contributed by atoms with Gasteiger partial charge < -0.3 is 14.5 Å². The van der Waals surface area contributed by atoms with Crippen LogP contribution in [-0.2, 0) is 16.1 Å². The van der Waals surface area contributed by atoms with Gasteiger partial charge in [0, 0.05) is 32.2 Å². The molecule has 0 saturated carbocycles. The van der Waals surface area contributed by atoms with E-state index in [1.165, 1.54) is 0 Å². The SMILES string of the molecule is COc1ccc(CN(C)C(=O)C2CC(=O)N(c3ccc(C)cc3)C2)cc1. The minimum absolute atomic E-state index is 0.00350. The summed E-state index contributed by atoms with van der Waals surface area (Å²) in [5.41, 5.74) is 3.03. The minimum Gasteiger partial charge on any atom is -0.497 e. The number of carbonyl (C=O) groups is 2. The molecule has 136 valence electrons. The Morgan fingerprint density at radius 1 is 1.15 bits per heavy atom. The fraction of sp³-hybridized carbons (Fsp3) is 0.333. The molecule has 3 rings (SSSR count). The van der Waals surface area contributed by atoms with Gasteiger partial charge in [-0.2, -0.15) is 0 Å². The molecule has 0 aromatic heterocycles. The first kappa shape index (κ1) is 18.0. The first-order chi connectivity index (χ1) is 12.5. The van der Waals surface area contributed by atoms with Crippen molar-refractivity contribution in [1.29, 1.82) is 0 Å². The molecule has 1 fully saturated rings. The third-order valence-electron chi connectivity index (χ3n) is 4.77. The van der Waals surface area contributed by atoms with Crippen LogP contribution in [0.3, 0.4) is 0 Å². The topological polar surface area (TPSA) is 49.9 Å². The third-order valence-corrected chi connectivity index (χ3v) is 4.77. The Morgan fingerprint density at radius 2 is 1.81 bits per heavy atom. The van der Waals surface area contributed by atoms with Crippen LogP contribution >= 0.6 is 0 Å². The fourth-order valence-corrected chi connectivity index (χ4v) is 3.24. The third kappa shape index (κ3) is 3.87. The Balaban J connectivity index is 1.63. The van der Waals surface area contributed by atoms with Crippen molar-refractivity contribution >= 4 is 17.5 Å². The van der Waals surface area contributed by atoms with Gasteiger partial charge in [0.15, 0.2) is 0 Å². The van der Waals surface area contributed by atoms with Gasteiger partial charge in [0.2, 0.25) is 11.8 Å². The Bertz CT molecular complexity index is 784. The van der Waals surface area contributed by atoms with Crippen molar-refractivity contribution < 1.29 is 14.3 Å². The van der Waals surface area contributed by atoms with Crippen LogP contribution in [0.4, 0.5) is 5.69 Å². The van der Waals surface area contributed by atoms with Gasteiger partial charge in [-0.05, 0) is 36.8 Å². The molecular weight excluding hydrogens is 328 g/mol. The van der Waals surface area contributed by atoms with Crippen LogP contribution < -0.4 is 9.64 Å². The lowest BCUT2D eigenvalue weighted by Crippen LogP contribution is -2.34. The van der Waals surface area contributed by atoms with E-state index >= 15 is 0 Å². The van der Waals surface area contributed by atoms with Crippen LogP contribution in [-0.4, -0.2) is 37.4 Å². The first-order valence-electron chi connectivity index (χ1n) is 8.73. The quantitative estimate of drug-likeness (QED) is 0.831. The smallest absolute Gasteiger partial charge is 0.228 e. The standard InChI is InChI=1S/C21H24N2O3/c1-15-4-8-18(9-5-15)23-14-17(12-20(23)24)21(25)22(2)13-16-6-10-19(26-3)11-7-16/h4-11,17H,12-14H2,1-3H3. The van der Waals surface area contributed by atoms with E-state index in [1.54, 1.807) is 24.0 Å². The molecule has 1 heterocycles. The Hall–Kier alpha value is -2.82. The number of nitrogens with zero attached hydrogens (tertiary/aromatic N) is 2. The molecule has 0 aliphatic carbocycles. The van der Waals surface area contributed by atoms with E-state index in [2.05, 4.69) is 0 Å². The predicted octanol–water partition coefficient (Wildman–Crippen LogP) is 3.02. The molecule has 0 spiro atoms. The second kappa shape index (κ2) is 7.60. The van der Waals surface area contributed by atoms with Crippen molar-refractivity contribution in [3.05, 3.63) is 59.7 Å². The van der Waals surface area contributed by atoms with E-state index in [0.717, 1.165) is 22.6 Å². The van der Waals surface area contributed by atoms with Crippen LogP contribution in [0, 0.1) is 12.8 Å². The number of hydrogen-bond donors (Lipinski definition) is 0. The molecule has 26 heavy (non-hydrogen) atoms. The van der Waals surface area contributed by atoms with E-state index in [0.29, 0.717) is 13.1 Å². The summed E-state index contributed by atoms with van der Waals surface area (Å²) in [5, 5.41) is 0. The molecule has 5 nitrogen and oxygen atoms in total. The highest BCUT2D eigenvalue weighted by Crippen LogP contribution is 2.26. The lowest BCUT2D eigenvalue weighted by Gasteiger charge is -2.22. The molecule has 1 unspecified atom stereocenters. The van der Waals surface area contributed by atoms with Gasteiger partial charge >= 0.3 is 0 Å². The zero-order valence-corrected chi connectivity index (χ0v) is 15.4. The summed E-state index contributed by atoms with van der Waals surface area (Å²) >= 11 is 0. The first-order valence-corrected chi connectivity index (χ1v) is 8.73. The number of anilines is 1. The summed E-state index contributed by atoms with van der Waals surface area (Å²) < 4.78 is 5.15. The summed E-state index contributed by atoms with van der Waals surface area (Å²) in [4.78, 5) is 28.5. The minimum atomic E-state index is -0.299. The summed E-state index contributed by atoms with van der Waals surface area (Å²) in [6.45, 7) is 2.96. The van der Waals surface area contributed by atoms with E-state index in [4.69, 9.17) is 4.74 Å². The van der Waals surface area contributed by atoms with E-state index < -0.39 is 0 Å². The van der Waals surface area contributed by atoms with E-state index in [9.17, 15) is 9.59 Å². The number of rotatable bonds is 5. The van der Waals surface area contributed by atoms with Crippen molar-refractivity contribution in [2.75, 3.05) is 25.6 Å². The molecule has 2 aromatic carbocycles. The largest absolute Gasteiger partial charge is 0.497 e. The van der Waals surface area contributed by atoms with Gasteiger partial charge in [0.25, 0.3) is 0 Å². The average Bonchev–Trinajstić information content (AvgIpc) is 3.04. The van der Waals surface area contributed by atoms with Crippen LogP contribution in [0.5, 0.6) is 5.75 Å². The van der Waals surface area contributed by atoms with Crippen molar-refractivity contribution in [3.8, 4) is 5.75 Å². The second-order valence-electron chi connectivity index (χ2n) is 6.78. The number of hydrogen-bond acceptors (Lipinski definition) is 3. The predicted molar refractivity (Wildman–Crippen MR) is 101 cm³/mol. The van der Waals surface area contributed by atoms with Gasteiger partial charge in [0.1, 0.15) is 5.75 Å². The maximum Gasteiger partial charge on any atom is 0.228 e. The van der Waals surface area contributed by atoms with E-state index in [-0.39, 0.29) is 24.2 Å². The Kier molecular flexibility index (Phi) is 5.26. The second-order valence-corrected chi connectivity index (χ2v) is 6.78. The Labute approximate surface area is 154 Å². The number of benzene rings is 2. The van der Waals surface area contributed by atoms with Crippen LogP contribution in [0.15, 0.2) is 48.5 Å².